The summed E-state index contributed by atoms with van der Waals surface area (Å²) >= 11 is 6.23. The number of carbonyl (C=O) groups excluding carboxylic acids is 2. The van der Waals surface area contributed by atoms with Gasteiger partial charge in [-0.05, 0) is 34.9 Å². The number of nitrogens with zero attached hydrogens (tertiary/aromatic N) is 2. The van der Waals surface area contributed by atoms with Crippen molar-refractivity contribution >= 4 is 33.4 Å². The van der Waals surface area contributed by atoms with Gasteiger partial charge in [0.25, 0.3) is 0 Å². The van der Waals surface area contributed by atoms with Gasteiger partial charge in [-0.3, -0.25) is 9.59 Å². The number of carbonyl (C=O) groups is 2. The zero-order valence-corrected chi connectivity index (χ0v) is 21.5. The third-order valence-corrected chi connectivity index (χ3v) is 7.23. The van der Waals surface area contributed by atoms with E-state index < -0.39 is 40.2 Å². The normalized spacial score (nSPS) is 12.2. The van der Waals surface area contributed by atoms with Crippen LogP contribution in [0.3, 0.4) is 0 Å². The highest BCUT2D eigenvalue weighted by Crippen LogP contribution is 2.25. The second-order valence-corrected chi connectivity index (χ2v) is 10.8. The summed E-state index contributed by atoms with van der Waals surface area (Å²) in [7, 11) is -2.36. The maximum absolute atomic E-state index is 13.6. The molecule has 3 aromatic rings. The number of hydrogen-bond donors (Lipinski definition) is 1. The number of benzene rings is 3. The summed E-state index contributed by atoms with van der Waals surface area (Å²) in [4.78, 5) is 28.3. The van der Waals surface area contributed by atoms with Gasteiger partial charge in [-0.1, -0.05) is 72.3 Å². The quantitative estimate of drug-likeness (QED) is 0.431. The van der Waals surface area contributed by atoms with E-state index in [1.54, 1.807) is 54.6 Å². The fourth-order valence-electron chi connectivity index (χ4n) is 3.54. The van der Waals surface area contributed by atoms with Gasteiger partial charge in [-0.15, -0.1) is 0 Å². The first-order chi connectivity index (χ1) is 17.1. The Labute approximate surface area is 215 Å². The zero-order chi connectivity index (χ0) is 26.3. The van der Waals surface area contributed by atoms with Gasteiger partial charge in [0.1, 0.15) is 11.9 Å². The molecule has 3 aromatic carbocycles. The van der Waals surface area contributed by atoms with Gasteiger partial charge in [0.05, 0.1) is 12.8 Å². The molecule has 0 aliphatic rings. The van der Waals surface area contributed by atoms with Crippen LogP contribution in [0.5, 0.6) is 0 Å². The minimum Gasteiger partial charge on any atom is -0.350 e. The third-order valence-electron chi connectivity index (χ3n) is 5.60. The van der Waals surface area contributed by atoms with Gasteiger partial charge in [-0.25, -0.2) is 12.8 Å². The third kappa shape index (κ3) is 7.36. The molecule has 1 atom stereocenters. The van der Waals surface area contributed by atoms with Crippen LogP contribution in [0.1, 0.15) is 22.7 Å². The first-order valence-corrected chi connectivity index (χ1v) is 13.3. The summed E-state index contributed by atoms with van der Waals surface area (Å²) in [5.41, 5.74) is 1.81. The summed E-state index contributed by atoms with van der Waals surface area (Å²) in [6, 6.07) is 20.2. The first-order valence-electron chi connectivity index (χ1n) is 11.1. The molecule has 0 aliphatic heterocycles. The zero-order valence-electron chi connectivity index (χ0n) is 19.9. The Balaban J connectivity index is 1.98. The fraction of sp³-hybridized carbons (Fsp3) is 0.231. The number of halogens is 2. The molecule has 0 aromatic heterocycles. The largest absolute Gasteiger partial charge is 0.350 e. The monoisotopic (exact) mass is 531 g/mol. The number of nitrogens with one attached hydrogen (secondary N) is 1. The van der Waals surface area contributed by atoms with Crippen molar-refractivity contribution in [1.82, 2.24) is 14.5 Å². The lowest BCUT2D eigenvalue weighted by atomic mass is 10.0. The van der Waals surface area contributed by atoms with Gasteiger partial charge >= 0.3 is 0 Å². The molecule has 0 radical (unpaired) electrons. The molecular formula is C26H27ClFN3O4S. The minimum absolute atomic E-state index is 0.0458. The van der Waals surface area contributed by atoms with Crippen LogP contribution in [0.4, 0.5) is 4.39 Å². The number of sulfonamides is 1. The van der Waals surface area contributed by atoms with E-state index in [1.807, 2.05) is 0 Å². The van der Waals surface area contributed by atoms with Crippen molar-refractivity contribution in [2.45, 2.75) is 19.1 Å². The molecule has 2 amide bonds. The van der Waals surface area contributed by atoms with Crippen LogP contribution in [0.15, 0.2) is 78.9 Å². The van der Waals surface area contributed by atoms with Gasteiger partial charge < -0.3 is 10.2 Å². The maximum atomic E-state index is 13.6. The molecular weight excluding hydrogens is 505 g/mol. The summed E-state index contributed by atoms with van der Waals surface area (Å²) < 4.78 is 38.4. The molecule has 0 spiro atoms. The Morgan fingerprint density at radius 3 is 2.19 bits per heavy atom. The Bertz CT molecular complexity index is 1300. The van der Waals surface area contributed by atoms with Crippen molar-refractivity contribution in [2.24, 2.45) is 0 Å². The van der Waals surface area contributed by atoms with E-state index in [4.69, 9.17) is 11.6 Å². The summed E-state index contributed by atoms with van der Waals surface area (Å²) in [6.45, 7) is -0.388. The Morgan fingerprint density at radius 2 is 1.58 bits per heavy atom. The van der Waals surface area contributed by atoms with Crippen LogP contribution in [-0.4, -0.2) is 49.3 Å². The molecule has 0 saturated heterocycles. The molecule has 3 rings (SSSR count). The molecule has 36 heavy (non-hydrogen) atoms. The number of rotatable bonds is 10. The molecule has 0 fully saturated rings. The highest BCUT2D eigenvalue weighted by molar-refractivity contribution is 7.88. The van der Waals surface area contributed by atoms with Crippen LogP contribution in [0, 0.1) is 5.82 Å². The highest BCUT2D eigenvalue weighted by atomic mass is 35.5. The second-order valence-electron chi connectivity index (χ2n) is 8.29. The molecule has 0 heterocycles. The van der Waals surface area contributed by atoms with Crippen LogP contribution in [0.2, 0.25) is 5.02 Å². The van der Waals surface area contributed by atoms with E-state index >= 15 is 0 Å². The van der Waals surface area contributed by atoms with E-state index in [1.165, 1.54) is 36.2 Å². The van der Waals surface area contributed by atoms with Crippen molar-refractivity contribution in [3.63, 3.8) is 0 Å². The topological polar surface area (TPSA) is 86.8 Å². The van der Waals surface area contributed by atoms with Crippen molar-refractivity contribution in [3.8, 4) is 0 Å². The molecule has 7 nitrogen and oxygen atoms in total. The van der Waals surface area contributed by atoms with Crippen molar-refractivity contribution in [1.29, 1.82) is 0 Å². The van der Waals surface area contributed by atoms with Gasteiger partial charge in [-0.2, -0.15) is 4.31 Å². The van der Waals surface area contributed by atoms with E-state index in [-0.39, 0.29) is 13.1 Å². The van der Waals surface area contributed by atoms with Crippen LogP contribution in [-0.2, 0) is 32.7 Å². The smallest absolute Gasteiger partial charge is 0.247 e. The Hall–Kier alpha value is -3.27. The molecule has 0 unspecified atom stereocenters. The lowest BCUT2D eigenvalue weighted by molar-refractivity contribution is -0.141. The predicted octanol–water partition coefficient (Wildman–Crippen LogP) is 3.76. The minimum atomic E-state index is -3.65. The molecule has 0 aliphatic carbocycles. The maximum Gasteiger partial charge on any atom is 0.247 e. The number of likely N-dealkylation sites (N-methyl/N-ethyl adjacent to an activating group) is 1. The number of amides is 2. The van der Waals surface area contributed by atoms with Crippen LogP contribution >= 0.6 is 11.6 Å². The summed E-state index contributed by atoms with van der Waals surface area (Å²) in [5, 5.41) is 3.33. The van der Waals surface area contributed by atoms with E-state index in [9.17, 15) is 22.4 Å². The second kappa shape index (κ2) is 12.1. The molecule has 0 bridgehead atoms. The number of hydrogen-bond acceptors (Lipinski definition) is 4. The van der Waals surface area contributed by atoms with Gasteiger partial charge in [0.2, 0.25) is 21.8 Å². The van der Waals surface area contributed by atoms with Crippen molar-refractivity contribution in [3.05, 3.63) is 106 Å². The summed E-state index contributed by atoms with van der Waals surface area (Å²) in [6.07, 6.45) is 0.996. The van der Waals surface area contributed by atoms with E-state index in [0.717, 1.165) is 10.6 Å². The average molecular weight is 532 g/mol. The Morgan fingerprint density at radius 1 is 0.972 bits per heavy atom. The lowest BCUT2D eigenvalue weighted by Crippen LogP contribution is -2.47. The van der Waals surface area contributed by atoms with Gasteiger partial charge in [0.15, 0.2) is 0 Å². The molecule has 0 saturated carbocycles. The highest BCUT2D eigenvalue weighted by Gasteiger charge is 2.33. The summed E-state index contributed by atoms with van der Waals surface area (Å²) in [5.74, 6) is -1.50. The molecule has 10 heteroatoms. The van der Waals surface area contributed by atoms with E-state index in [0.29, 0.717) is 21.7 Å². The predicted molar refractivity (Wildman–Crippen MR) is 137 cm³/mol. The van der Waals surface area contributed by atoms with Crippen LogP contribution in [0.25, 0.3) is 0 Å². The van der Waals surface area contributed by atoms with Crippen molar-refractivity contribution < 1.29 is 22.4 Å². The SMILES string of the molecule is CN(CC(=O)N(Cc1ccc(F)cc1)[C@H](C(=O)NCc1ccccc1Cl)c1ccccc1)S(C)(=O)=O. The van der Waals surface area contributed by atoms with Gasteiger partial charge in [0, 0.05) is 25.2 Å². The molecule has 1 N–H and O–H groups in total. The lowest BCUT2D eigenvalue weighted by Gasteiger charge is -2.32. The fourth-order valence-corrected chi connectivity index (χ4v) is 4.08. The van der Waals surface area contributed by atoms with Crippen LogP contribution < -0.4 is 5.32 Å². The van der Waals surface area contributed by atoms with E-state index in [2.05, 4.69) is 5.32 Å². The standard InChI is InChI=1S/C26H27ClFN3O4S/c1-30(36(2,34)35)18-24(32)31(17-19-12-14-22(28)15-13-19)25(20-8-4-3-5-9-20)26(33)29-16-21-10-6-7-11-23(21)27/h3-15,25H,16-18H2,1-2H3,(H,29,33)/t25-/m0/s1. The Kier molecular flexibility index (Phi) is 9.19. The average Bonchev–Trinajstić information content (AvgIpc) is 2.84. The molecule has 190 valence electrons. The van der Waals surface area contributed by atoms with Crippen molar-refractivity contribution in [2.75, 3.05) is 19.8 Å². The first kappa shape index (κ1) is 27.3.